The summed E-state index contributed by atoms with van der Waals surface area (Å²) >= 11 is 0. The van der Waals surface area contributed by atoms with Gasteiger partial charge in [0.2, 0.25) is 5.89 Å². The van der Waals surface area contributed by atoms with E-state index in [0.29, 0.717) is 31.0 Å². The fourth-order valence-electron chi connectivity index (χ4n) is 1.42. The largest absolute Gasteiger partial charge is 0.508 e. The van der Waals surface area contributed by atoms with E-state index in [1.54, 1.807) is 0 Å². The summed E-state index contributed by atoms with van der Waals surface area (Å²) in [6.07, 6.45) is 1.93. The van der Waals surface area contributed by atoms with Gasteiger partial charge >= 0.3 is 0 Å². The Morgan fingerprint density at radius 3 is 3.06 bits per heavy atom. The third kappa shape index (κ3) is 3.25. The molecule has 2 aromatic rings. The van der Waals surface area contributed by atoms with E-state index >= 15 is 0 Å². The zero-order valence-electron chi connectivity index (χ0n) is 9.06. The van der Waals surface area contributed by atoms with Crippen molar-refractivity contribution in [1.29, 1.82) is 0 Å². The van der Waals surface area contributed by atoms with Gasteiger partial charge in [0.15, 0.2) is 6.33 Å². The van der Waals surface area contributed by atoms with Gasteiger partial charge in [0.05, 0.1) is 0 Å². The lowest BCUT2D eigenvalue weighted by molar-refractivity contribution is 0.374. The van der Waals surface area contributed by atoms with Crippen LogP contribution < -0.4 is 5.32 Å². The molecular formula is C11H12FN3O2. The molecule has 2 N–H and O–H groups in total. The van der Waals surface area contributed by atoms with E-state index in [1.807, 2.05) is 0 Å². The molecule has 6 heteroatoms. The number of aromatic hydroxyl groups is 1. The molecule has 0 atom stereocenters. The minimum Gasteiger partial charge on any atom is -0.508 e. The first-order valence-electron chi connectivity index (χ1n) is 5.19. The Morgan fingerprint density at radius 2 is 2.29 bits per heavy atom. The number of aromatic nitrogens is 2. The molecule has 0 unspecified atom stereocenters. The van der Waals surface area contributed by atoms with Gasteiger partial charge in [-0.25, -0.2) is 4.39 Å². The van der Waals surface area contributed by atoms with Crippen LogP contribution in [-0.4, -0.2) is 21.8 Å². The lowest BCUT2D eigenvalue weighted by Gasteiger charge is -2.05. The van der Waals surface area contributed by atoms with Gasteiger partial charge in [0.25, 0.3) is 0 Å². The van der Waals surface area contributed by atoms with E-state index in [4.69, 9.17) is 4.52 Å². The summed E-state index contributed by atoms with van der Waals surface area (Å²) < 4.78 is 17.7. The Hall–Kier alpha value is -1.95. The summed E-state index contributed by atoms with van der Waals surface area (Å²) in [6.45, 7) is 0.996. The third-order valence-corrected chi connectivity index (χ3v) is 2.28. The van der Waals surface area contributed by atoms with Crippen molar-refractivity contribution < 1.29 is 14.0 Å². The van der Waals surface area contributed by atoms with Crippen LogP contribution >= 0.6 is 0 Å². The third-order valence-electron chi connectivity index (χ3n) is 2.28. The number of phenolic OH excluding ortho intramolecular Hbond substituents is 1. The lowest BCUT2D eigenvalue weighted by Crippen LogP contribution is -2.17. The molecule has 0 aliphatic rings. The number of halogens is 1. The first-order valence-corrected chi connectivity index (χ1v) is 5.19. The van der Waals surface area contributed by atoms with Crippen molar-refractivity contribution in [3.05, 3.63) is 41.8 Å². The van der Waals surface area contributed by atoms with Crippen LogP contribution in [0.4, 0.5) is 4.39 Å². The van der Waals surface area contributed by atoms with E-state index in [0.717, 1.165) is 0 Å². The van der Waals surface area contributed by atoms with E-state index in [2.05, 4.69) is 15.5 Å². The SMILES string of the molecule is Oc1ccc(F)cc1CNCCc1ncno1. The predicted molar refractivity (Wildman–Crippen MR) is 57.8 cm³/mol. The van der Waals surface area contributed by atoms with Crippen LogP contribution in [0, 0.1) is 5.82 Å². The lowest BCUT2D eigenvalue weighted by atomic mass is 10.2. The van der Waals surface area contributed by atoms with Crippen molar-refractivity contribution in [2.24, 2.45) is 0 Å². The highest BCUT2D eigenvalue weighted by Crippen LogP contribution is 2.17. The Bertz CT molecular complexity index is 474. The monoisotopic (exact) mass is 237 g/mol. The Labute approximate surface area is 97.3 Å². The number of rotatable bonds is 5. The van der Waals surface area contributed by atoms with Crippen molar-refractivity contribution >= 4 is 0 Å². The van der Waals surface area contributed by atoms with Gasteiger partial charge in [-0.15, -0.1) is 0 Å². The van der Waals surface area contributed by atoms with Crippen LogP contribution in [0.1, 0.15) is 11.5 Å². The molecule has 0 amide bonds. The minimum atomic E-state index is -0.364. The summed E-state index contributed by atoms with van der Waals surface area (Å²) in [5.74, 6) is 0.258. The van der Waals surface area contributed by atoms with Crippen LogP contribution in [0.5, 0.6) is 5.75 Å². The maximum absolute atomic E-state index is 12.9. The second-order valence-corrected chi connectivity index (χ2v) is 3.53. The number of benzene rings is 1. The minimum absolute atomic E-state index is 0.0803. The van der Waals surface area contributed by atoms with Crippen molar-refractivity contribution in [3.8, 4) is 5.75 Å². The van der Waals surface area contributed by atoms with E-state index < -0.39 is 0 Å². The molecule has 0 aliphatic heterocycles. The van der Waals surface area contributed by atoms with Gasteiger partial charge in [0.1, 0.15) is 11.6 Å². The Kier molecular flexibility index (Phi) is 3.66. The van der Waals surface area contributed by atoms with Crippen LogP contribution in [0.15, 0.2) is 29.0 Å². The van der Waals surface area contributed by atoms with Gasteiger partial charge in [0, 0.05) is 25.1 Å². The highest BCUT2D eigenvalue weighted by Gasteiger charge is 2.03. The topological polar surface area (TPSA) is 71.2 Å². The average Bonchev–Trinajstić information content (AvgIpc) is 2.82. The average molecular weight is 237 g/mol. The molecule has 0 bridgehead atoms. The Balaban J connectivity index is 1.80. The van der Waals surface area contributed by atoms with Crippen molar-refractivity contribution in [1.82, 2.24) is 15.5 Å². The number of hydrogen-bond donors (Lipinski definition) is 2. The molecule has 90 valence electrons. The fourth-order valence-corrected chi connectivity index (χ4v) is 1.42. The van der Waals surface area contributed by atoms with Gasteiger partial charge in [-0.2, -0.15) is 4.98 Å². The Morgan fingerprint density at radius 1 is 1.41 bits per heavy atom. The zero-order valence-corrected chi connectivity index (χ0v) is 9.06. The summed E-state index contributed by atoms with van der Waals surface area (Å²) in [5, 5.41) is 16.0. The zero-order chi connectivity index (χ0) is 12.1. The molecule has 2 rings (SSSR count). The van der Waals surface area contributed by atoms with Gasteiger partial charge in [-0.3, -0.25) is 0 Å². The summed E-state index contributed by atoms with van der Waals surface area (Å²) in [5.41, 5.74) is 0.524. The smallest absolute Gasteiger partial charge is 0.227 e. The maximum Gasteiger partial charge on any atom is 0.227 e. The first-order chi connectivity index (χ1) is 8.25. The molecule has 0 fully saturated rings. The van der Waals surface area contributed by atoms with Crippen LogP contribution in [0.3, 0.4) is 0 Å². The molecule has 0 radical (unpaired) electrons. The van der Waals surface area contributed by atoms with E-state index in [1.165, 1.54) is 24.5 Å². The first kappa shape index (κ1) is 11.5. The van der Waals surface area contributed by atoms with Crippen LogP contribution in [0.2, 0.25) is 0 Å². The van der Waals surface area contributed by atoms with E-state index in [-0.39, 0.29) is 11.6 Å². The molecule has 5 nitrogen and oxygen atoms in total. The van der Waals surface area contributed by atoms with Crippen LogP contribution in [-0.2, 0) is 13.0 Å². The van der Waals surface area contributed by atoms with Crippen molar-refractivity contribution in [2.75, 3.05) is 6.54 Å². The molecule has 1 heterocycles. The number of phenols is 1. The molecule has 0 saturated carbocycles. The molecule has 0 spiro atoms. The quantitative estimate of drug-likeness (QED) is 0.766. The summed E-state index contributed by atoms with van der Waals surface area (Å²) in [4.78, 5) is 3.87. The highest BCUT2D eigenvalue weighted by atomic mass is 19.1. The summed E-state index contributed by atoms with van der Waals surface area (Å²) in [7, 11) is 0. The normalized spacial score (nSPS) is 10.6. The van der Waals surface area contributed by atoms with Gasteiger partial charge in [-0.1, -0.05) is 5.16 Å². The van der Waals surface area contributed by atoms with Gasteiger partial charge < -0.3 is 14.9 Å². The highest BCUT2D eigenvalue weighted by molar-refractivity contribution is 5.32. The van der Waals surface area contributed by atoms with Gasteiger partial charge in [-0.05, 0) is 18.2 Å². The second kappa shape index (κ2) is 5.40. The molecule has 1 aromatic heterocycles. The number of nitrogens with zero attached hydrogens (tertiary/aromatic N) is 2. The maximum atomic E-state index is 12.9. The standard InChI is InChI=1S/C11H12FN3O2/c12-9-1-2-10(16)8(5-9)6-13-4-3-11-14-7-15-17-11/h1-2,5,7,13,16H,3-4,6H2. The van der Waals surface area contributed by atoms with Crippen molar-refractivity contribution in [2.45, 2.75) is 13.0 Å². The van der Waals surface area contributed by atoms with Crippen LogP contribution in [0.25, 0.3) is 0 Å². The van der Waals surface area contributed by atoms with E-state index in [9.17, 15) is 9.50 Å². The van der Waals surface area contributed by atoms with Crippen molar-refractivity contribution in [3.63, 3.8) is 0 Å². The number of nitrogens with one attached hydrogen (secondary N) is 1. The second-order valence-electron chi connectivity index (χ2n) is 3.53. The molecule has 1 aromatic carbocycles. The molecular weight excluding hydrogens is 225 g/mol. The molecule has 0 saturated heterocycles. The fraction of sp³-hybridized carbons (Fsp3) is 0.273. The summed E-state index contributed by atoms with van der Waals surface area (Å²) in [6, 6.07) is 3.86. The predicted octanol–water partition coefficient (Wildman–Crippen LogP) is 1.25. The molecule has 17 heavy (non-hydrogen) atoms. The number of hydrogen-bond acceptors (Lipinski definition) is 5. The molecule has 0 aliphatic carbocycles.